The summed E-state index contributed by atoms with van der Waals surface area (Å²) in [4.78, 5) is 2.39. The van der Waals surface area contributed by atoms with Crippen LogP contribution < -0.4 is 10.2 Å². The molecule has 0 atom stereocenters. The summed E-state index contributed by atoms with van der Waals surface area (Å²) in [6.07, 6.45) is 0. The first kappa shape index (κ1) is 20.3. The maximum Gasteiger partial charge on any atom is 0.243 e. The first-order valence-corrected chi connectivity index (χ1v) is 11.5. The molecule has 1 saturated heterocycles. The fourth-order valence-corrected chi connectivity index (χ4v) is 4.95. The molecule has 0 aliphatic carbocycles. The Morgan fingerprint density at radius 2 is 1.50 bits per heavy atom. The maximum atomic E-state index is 13.1. The molecular formula is C22H25N5O2S. The van der Waals surface area contributed by atoms with E-state index >= 15 is 0 Å². The van der Waals surface area contributed by atoms with E-state index in [1.807, 2.05) is 61.5 Å². The van der Waals surface area contributed by atoms with Gasteiger partial charge in [0.2, 0.25) is 10.0 Å². The largest absolute Gasteiger partial charge is 0.369 e. The SMILES string of the molecule is CCNc1ccc(N2CCN(S(=O)(=O)c3ccc(-c4ccccc4)cc3)CC2)nn1. The molecule has 7 nitrogen and oxygen atoms in total. The van der Waals surface area contributed by atoms with Crippen molar-refractivity contribution < 1.29 is 8.42 Å². The van der Waals surface area contributed by atoms with Crippen LogP contribution in [0.15, 0.2) is 71.6 Å². The highest BCUT2D eigenvalue weighted by atomic mass is 32.2. The number of piperazine rings is 1. The van der Waals surface area contributed by atoms with Crippen LogP contribution in [0.5, 0.6) is 0 Å². The molecule has 0 spiro atoms. The Morgan fingerprint density at radius 3 is 2.10 bits per heavy atom. The second-order valence-electron chi connectivity index (χ2n) is 7.09. The Kier molecular flexibility index (Phi) is 5.96. The fourth-order valence-electron chi connectivity index (χ4n) is 3.53. The number of anilines is 2. The van der Waals surface area contributed by atoms with Gasteiger partial charge in [-0.15, -0.1) is 10.2 Å². The first-order chi connectivity index (χ1) is 14.6. The standard InChI is InChI=1S/C22H25N5O2S/c1-2-23-21-12-13-22(25-24-21)26-14-16-27(17-15-26)30(28,29)20-10-8-19(9-11-20)18-6-4-3-5-7-18/h3-13H,2,14-17H2,1H3,(H,23,24). The van der Waals surface area contributed by atoms with E-state index in [2.05, 4.69) is 20.4 Å². The monoisotopic (exact) mass is 423 g/mol. The van der Waals surface area contributed by atoms with Crippen molar-refractivity contribution in [2.75, 3.05) is 42.9 Å². The van der Waals surface area contributed by atoms with Gasteiger partial charge in [-0.05, 0) is 42.3 Å². The molecule has 8 heteroatoms. The van der Waals surface area contributed by atoms with Crippen molar-refractivity contribution >= 4 is 21.7 Å². The van der Waals surface area contributed by atoms with E-state index in [1.165, 1.54) is 0 Å². The number of hydrogen-bond donors (Lipinski definition) is 1. The van der Waals surface area contributed by atoms with Crippen molar-refractivity contribution in [1.29, 1.82) is 0 Å². The van der Waals surface area contributed by atoms with Crippen molar-refractivity contribution in [3.8, 4) is 11.1 Å². The summed E-state index contributed by atoms with van der Waals surface area (Å²) in [7, 11) is -3.52. The summed E-state index contributed by atoms with van der Waals surface area (Å²) in [5, 5.41) is 11.5. The van der Waals surface area contributed by atoms with E-state index in [9.17, 15) is 8.42 Å². The van der Waals surface area contributed by atoms with Gasteiger partial charge in [-0.3, -0.25) is 0 Å². The highest BCUT2D eigenvalue weighted by molar-refractivity contribution is 7.89. The molecule has 3 aromatic rings. The average Bonchev–Trinajstić information content (AvgIpc) is 2.81. The van der Waals surface area contributed by atoms with Gasteiger partial charge in [0, 0.05) is 32.7 Å². The van der Waals surface area contributed by atoms with Gasteiger partial charge >= 0.3 is 0 Å². The second kappa shape index (κ2) is 8.81. The number of aromatic nitrogens is 2. The van der Waals surface area contributed by atoms with Gasteiger partial charge in [-0.1, -0.05) is 42.5 Å². The van der Waals surface area contributed by atoms with E-state index in [-0.39, 0.29) is 0 Å². The summed E-state index contributed by atoms with van der Waals surface area (Å²) in [5.41, 5.74) is 2.07. The van der Waals surface area contributed by atoms with Crippen LogP contribution in [0.3, 0.4) is 0 Å². The number of hydrogen-bond acceptors (Lipinski definition) is 6. The maximum absolute atomic E-state index is 13.1. The Labute approximate surface area is 177 Å². The Hall–Kier alpha value is -2.97. The molecule has 0 amide bonds. The lowest BCUT2D eigenvalue weighted by Crippen LogP contribution is -2.49. The van der Waals surface area contributed by atoms with E-state index in [0.717, 1.165) is 29.3 Å². The lowest BCUT2D eigenvalue weighted by Gasteiger charge is -2.34. The second-order valence-corrected chi connectivity index (χ2v) is 9.03. The van der Waals surface area contributed by atoms with E-state index in [1.54, 1.807) is 16.4 Å². The molecule has 0 bridgehead atoms. The molecule has 4 rings (SSSR count). The summed E-state index contributed by atoms with van der Waals surface area (Å²) < 4.78 is 27.7. The quantitative estimate of drug-likeness (QED) is 0.656. The van der Waals surface area contributed by atoms with Crippen LogP contribution in [0.25, 0.3) is 11.1 Å². The zero-order valence-electron chi connectivity index (χ0n) is 16.9. The number of nitrogens with one attached hydrogen (secondary N) is 1. The van der Waals surface area contributed by atoms with Crippen molar-refractivity contribution in [2.45, 2.75) is 11.8 Å². The zero-order chi connectivity index (χ0) is 21.0. The van der Waals surface area contributed by atoms with Crippen LogP contribution in [0.1, 0.15) is 6.92 Å². The number of benzene rings is 2. The molecule has 30 heavy (non-hydrogen) atoms. The van der Waals surface area contributed by atoms with E-state index < -0.39 is 10.0 Å². The summed E-state index contributed by atoms with van der Waals surface area (Å²) in [5.74, 6) is 1.50. The Balaban J connectivity index is 1.42. The minimum absolute atomic E-state index is 0.324. The van der Waals surface area contributed by atoms with Gasteiger partial charge in [0.15, 0.2) is 5.82 Å². The third-order valence-corrected chi connectivity index (χ3v) is 7.08. The third-order valence-electron chi connectivity index (χ3n) is 5.17. The lowest BCUT2D eigenvalue weighted by molar-refractivity contribution is 0.383. The van der Waals surface area contributed by atoms with Crippen LogP contribution in [0.4, 0.5) is 11.6 Å². The topological polar surface area (TPSA) is 78.4 Å². The molecule has 1 N–H and O–H groups in total. The van der Waals surface area contributed by atoms with Crippen LogP contribution >= 0.6 is 0 Å². The smallest absolute Gasteiger partial charge is 0.243 e. The van der Waals surface area contributed by atoms with Gasteiger partial charge in [-0.2, -0.15) is 4.31 Å². The molecular weight excluding hydrogens is 398 g/mol. The molecule has 2 heterocycles. The summed E-state index contributed by atoms with van der Waals surface area (Å²) in [6, 6.07) is 20.8. The third kappa shape index (κ3) is 4.29. The van der Waals surface area contributed by atoms with Crippen LogP contribution in [-0.2, 0) is 10.0 Å². The number of rotatable bonds is 6. The van der Waals surface area contributed by atoms with Gasteiger partial charge in [0.25, 0.3) is 0 Å². The van der Waals surface area contributed by atoms with Crippen LogP contribution in [0, 0.1) is 0 Å². The minimum Gasteiger partial charge on any atom is -0.369 e. The molecule has 1 aliphatic rings. The summed E-state index contributed by atoms with van der Waals surface area (Å²) >= 11 is 0. The normalized spacial score (nSPS) is 15.2. The molecule has 0 radical (unpaired) electrons. The van der Waals surface area contributed by atoms with Gasteiger partial charge in [0.05, 0.1) is 4.90 Å². The predicted molar refractivity (Wildman–Crippen MR) is 119 cm³/mol. The van der Waals surface area contributed by atoms with Crippen LogP contribution in [-0.4, -0.2) is 55.6 Å². The molecule has 156 valence electrons. The van der Waals surface area contributed by atoms with Crippen molar-refractivity contribution in [2.24, 2.45) is 0 Å². The molecule has 0 saturated carbocycles. The van der Waals surface area contributed by atoms with Crippen molar-refractivity contribution in [3.05, 3.63) is 66.7 Å². The Bertz CT molecular complexity index is 1060. The molecule has 1 aliphatic heterocycles. The molecule has 1 aromatic heterocycles. The zero-order valence-corrected chi connectivity index (χ0v) is 17.7. The number of nitrogens with zero attached hydrogens (tertiary/aromatic N) is 4. The minimum atomic E-state index is -3.52. The predicted octanol–water partition coefficient (Wildman–Crippen LogP) is 3.09. The molecule has 2 aromatic carbocycles. The fraction of sp³-hybridized carbons (Fsp3) is 0.273. The Morgan fingerprint density at radius 1 is 0.833 bits per heavy atom. The molecule has 1 fully saturated rings. The van der Waals surface area contributed by atoms with Gasteiger partial charge in [-0.25, -0.2) is 8.42 Å². The highest BCUT2D eigenvalue weighted by Gasteiger charge is 2.29. The average molecular weight is 424 g/mol. The van der Waals surface area contributed by atoms with Crippen LogP contribution in [0.2, 0.25) is 0 Å². The van der Waals surface area contributed by atoms with Gasteiger partial charge in [0.1, 0.15) is 5.82 Å². The van der Waals surface area contributed by atoms with Gasteiger partial charge < -0.3 is 10.2 Å². The summed E-state index contributed by atoms with van der Waals surface area (Å²) in [6.45, 7) is 4.79. The van der Waals surface area contributed by atoms with E-state index in [0.29, 0.717) is 31.1 Å². The van der Waals surface area contributed by atoms with Crippen molar-refractivity contribution in [3.63, 3.8) is 0 Å². The molecule has 0 unspecified atom stereocenters. The lowest BCUT2D eigenvalue weighted by atomic mass is 10.1. The van der Waals surface area contributed by atoms with E-state index in [4.69, 9.17) is 0 Å². The highest BCUT2D eigenvalue weighted by Crippen LogP contribution is 2.24. The van der Waals surface area contributed by atoms with Crippen molar-refractivity contribution in [1.82, 2.24) is 14.5 Å². The first-order valence-electron chi connectivity index (χ1n) is 10.1. The number of sulfonamides is 1.